The zero-order chi connectivity index (χ0) is 23.9. The van der Waals surface area contributed by atoms with Gasteiger partial charge in [0.15, 0.2) is 28.7 Å². The van der Waals surface area contributed by atoms with Crippen LogP contribution in [0.3, 0.4) is 0 Å². The Bertz CT molecular complexity index is 1090. The highest BCUT2D eigenvalue weighted by Gasteiger charge is 2.69. The molecule has 2 N–H and O–H groups in total. The van der Waals surface area contributed by atoms with Crippen molar-refractivity contribution in [1.82, 2.24) is 4.90 Å². The number of aryl methyl sites for hydroxylation is 1. The van der Waals surface area contributed by atoms with Crippen LogP contribution < -0.4 is 0 Å². The molecule has 7 unspecified atom stereocenters. The molecule has 2 fully saturated rings. The van der Waals surface area contributed by atoms with E-state index in [-0.39, 0.29) is 23.7 Å². The van der Waals surface area contributed by atoms with Crippen molar-refractivity contribution in [3.05, 3.63) is 28.8 Å². The van der Waals surface area contributed by atoms with Gasteiger partial charge < -0.3 is 10.2 Å². The van der Waals surface area contributed by atoms with E-state index in [2.05, 4.69) is 0 Å². The van der Waals surface area contributed by atoms with Crippen LogP contribution in [0.15, 0.2) is 12.1 Å². The minimum absolute atomic E-state index is 0.0424. The Morgan fingerprint density at radius 2 is 1.75 bits per heavy atom. The van der Waals surface area contributed by atoms with Gasteiger partial charge in [-0.3, -0.25) is 28.9 Å². The number of ketones is 5. The summed E-state index contributed by atoms with van der Waals surface area (Å²) in [5, 5.41) is 22.1. The van der Waals surface area contributed by atoms with Crippen molar-refractivity contribution in [2.45, 2.75) is 44.8 Å². The summed E-state index contributed by atoms with van der Waals surface area (Å²) in [6, 6.07) is 2.43. The Hall–Kier alpha value is -2.71. The quantitative estimate of drug-likeness (QED) is 0.646. The lowest BCUT2D eigenvalue weighted by atomic mass is 9.50. The van der Waals surface area contributed by atoms with E-state index in [0.29, 0.717) is 11.1 Å². The maximum atomic E-state index is 13.7. The summed E-state index contributed by atoms with van der Waals surface area (Å²) < 4.78 is 0. The molecule has 0 bridgehead atoms. The van der Waals surface area contributed by atoms with Gasteiger partial charge in [0.05, 0.1) is 17.5 Å². The lowest BCUT2D eigenvalue weighted by molar-refractivity contribution is -0.181. The molecule has 8 heteroatoms. The van der Waals surface area contributed by atoms with Crippen molar-refractivity contribution in [3.63, 3.8) is 0 Å². The SMILES string of the molecule is CC(=O)C1C(=O)C(N(C)C)C2CC3C(C(=O)c4c(ccc(C)c4O)C3C)C(=O)C2(O)C1=O. The smallest absolute Gasteiger partial charge is 0.190 e. The number of phenolic OH excluding ortho intramolecular Hbond substituents is 1. The summed E-state index contributed by atoms with van der Waals surface area (Å²) in [6.45, 7) is 4.56. The maximum Gasteiger partial charge on any atom is 0.190 e. The van der Waals surface area contributed by atoms with Gasteiger partial charge in [0.2, 0.25) is 0 Å². The van der Waals surface area contributed by atoms with Crippen LogP contribution in [0, 0.1) is 30.6 Å². The molecular weight excluding hydrogens is 414 g/mol. The van der Waals surface area contributed by atoms with E-state index in [0.717, 1.165) is 6.92 Å². The Morgan fingerprint density at radius 3 is 2.31 bits per heavy atom. The third kappa shape index (κ3) is 2.65. The molecule has 0 spiro atoms. The Balaban J connectivity index is 1.91. The number of Topliss-reactive ketones (excluding diaryl/α,β-unsaturated/α-hetero) is 5. The summed E-state index contributed by atoms with van der Waals surface area (Å²) in [7, 11) is 3.19. The Kier molecular flexibility index (Phi) is 5.02. The minimum Gasteiger partial charge on any atom is -0.507 e. The predicted molar refractivity (Wildman–Crippen MR) is 112 cm³/mol. The average Bonchev–Trinajstić information content (AvgIpc) is 2.70. The summed E-state index contributed by atoms with van der Waals surface area (Å²) >= 11 is 0. The monoisotopic (exact) mass is 441 g/mol. The first-order valence-corrected chi connectivity index (χ1v) is 10.7. The van der Waals surface area contributed by atoms with Crippen LogP contribution in [0.2, 0.25) is 0 Å². The number of phenols is 1. The topological polar surface area (TPSA) is 129 Å². The molecule has 3 aliphatic rings. The van der Waals surface area contributed by atoms with E-state index in [1.54, 1.807) is 33.2 Å². The van der Waals surface area contributed by atoms with E-state index in [4.69, 9.17) is 0 Å². The summed E-state index contributed by atoms with van der Waals surface area (Å²) in [4.78, 5) is 67.2. The zero-order valence-electron chi connectivity index (χ0n) is 18.7. The molecule has 4 rings (SSSR count). The lowest BCUT2D eigenvalue weighted by Crippen LogP contribution is -2.73. The Labute approximate surface area is 185 Å². The first-order valence-electron chi connectivity index (χ1n) is 10.7. The predicted octanol–water partition coefficient (Wildman–Crippen LogP) is 0.840. The zero-order valence-corrected chi connectivity index (χ0v) is 18.7. The van der Waals surface area contributed by atoms with Gasteiger partial charge >= 0.3 is 0 Å². The van der Waals surface area contributed by atoms with Crippen molar-refractivity contribution in [2.75, 3.05) is 14.1 Å². The normalized spacial score (nSPS) is 36.6. The van der Waals surface area contributed by atoms with Crippen LogP contribution in [-0.4, -0.2) is 69.8 Å². The highest BCUT2D eigenvalue weighted by atomic mass is 16.3. The molecule has 0 aliphatic heterocycles. The molecule has 7 atom stereocenters. The number of nitrogens with zero attached hydrogens (tertiary/aromatic N) is 1. The molecule has 1 aromatic rings. The van der Waals surface area contributed by atoms with Gasteiger partial charge in [-0.1, -0.05) is 19.1 Å². The third-order valence-corrected chi connectivity index (χ3v) is 7.78. The van der Waals surface area contributed by atoms with Gasteiger partial charge in [-0.25, -0.2) is 0 Å². The first-order chi connectivity index (χ1) is 14.8. The number of hydrogen-bond donors (Lipinski definition) is 2. The minimum atomic E-state index is -2.62. The second-order valence-electron chi connectivity index (χ2n) is 9.68. The number of carbonyl (C=O) groups is 5. The number of benzene rings is 1. The van der Waals surface area contributed by atoms with Gasteiger partial charge in [0, 0.05) is 5.92 Å². The van der Waals surface area contributed by atoms with Crippen LogP contribution in [0.25, 0.3) is 0 Å². The van der Waals surface area contributed by atoms with Crippen molar-refractivity contribution >= 4 is 28.9 Å². The second-order valence-corrected chi connectivity index (χ2v) is 9.68. The van der Waals surface area contributed by atoms with E-state index < -0.39 is 64.2 Å². The highest BCUT2D eigenvalue weighted by Crippen LogP contribution is 2.54. The summed E-state index contributed by atoms with van der Waals surface area (Å²) in [6.07, 6.45) is 0.0822. The molecule has 0 radical (unpaired) electrons. The van der Waals surface area contributed by atoms with Gasteiger partial charge in [-0.2, -0.15) is 0 Å². The van der Waals surface area contributed by atoms with Gasteiger partial charge in [-0.05, 0) is 57.3 Å². The fourth-order valence-electron chi connectivity index (χ4n) is 6.14. The molecule has 3 aliphatic carbocycles. The Morgan fingerprint density at radius 1 is 1.12 bits per heavy atom. The fraction of sp³-hybridized carbons (Fsp3) is 0.542. The number of fused-ring (bicyclic) bond motifs is 3. The van der Waals surface area contributed by atoms with Gasteiger partial charge in [0.25, 0.3) is 0 Å². The number of likely N-dealkylation sites (N-methyl/N-ethyl adjacent to an activating group) is 1. The molecule has 1 aromatic carbocycles. The molecule has 0 saturated heterocycles. The first kappa shape index (κ1) is 22.5. The van der Waals surface area contributed by atoms with Gasteiger partial charge in [-0.15, -0.1) is 0 Å². The van der Waals surface area contributed by atoms with Crippen molar-refractivity contribution in [3.8, 4) is 5.75 Å². The highest BCUT2D eigenvalue weighted by molar-refractivity contribution is 6.32. The average molecular weight is 441 g/mol. The standard InChI is InChI=1S/C24H27NO7/c1-9-6-7-12-10(2)13-8-14-18(25(4)5)21(29)15(11(3)26)22(30)24(14,32)23(31)17(13)20(28)16(12)19(9)27/h6-7,10,13-15,17-18,27,32H,8H2,1-5H3. The molecular formula is C24H27NO7. The number of aliphatic hydroxyl groups is 1. The number of rotatable bonds is 2. The van der Waals surface area contributed by atoms with Crippen LogP contribution in [0.5, 0.6) is 5.75 Å². The van der Waals surface area contributed by atoms with Crippen LogP contribution in [0.1, 0.15) is 47.7 Å². The van der Waals surface area contributed by atoms with E-state index in [1.165, 1.54) is 4.90 Å². The molecule has 32 heavy (non-hydrogen) atoms. The second kappa shape index (κ2) is 7.15. The fourth-order valence-corrected chi connectivity index (χ4v) is 6.14. The number of carbonyl (C=O) groups excluding carboxylic acids is 5. The maximum absolute atomic E-state index is 13.7. The molecule has 0 heterocycles. The molecule has 0 amide bonds. The number of aromatic hydroxyl groups is 1. The summed E-state index contributed by atoms with van der Waals surface area (Å²) in [5.74, 6) is -9.35. The third-order valence-electron chi connectivity index (χ3n) is 7.78. The lowest BCUT2D eigenvalue weighted by Gasteiger charge is -2.53. The molecule has 8 nitrogen and oxygen atoms in total. The van der Waals surface area contributed by atoms with E-state index in [9.17, 15) is 34.2 Å². The van der Waals surface area contributed by atoms with Crippen LogP contribution in [-0.2, 0) is 19.2 Å². The number of hydrogen-bond acceptors (Lipinski definition) is 8. The molecule has 0 aromatic heterocycles. The van der Waals surface area contributed by atoms with Crippen molar-refractivity contribution in [2.24, 2.45) is 23.7 Å². The molecule has 2 saturated carbocycles. The van der Waals surface area contributed by atoms with Gasteiger partial charge in [0.1, 0.15) is 17.5 Å². The van der Waals surface area contributed by atoms with E-state index in [1.807, 2.05) is 6.92 Å². The van der Waals surface area contributed by atoms with Crippen LogP contribution in [0.4, 0.5) is 0 Å². The molecule has 170 valence electrons. The van der Waals surface area contributed by atoms with E-state index >= 15 is 0 Å². The largest absolute Gasteiger partial charge is 0.507 e. The van der Waals surface area contributed by atoms with Crippen molar-refractivity contribution in [1.29, 1.82) is 0 Å². The van der Waals surface area contributed by atoms with Crippen molar-refractivity contribution < 1.29 is 34.2 Å². The van der Waals surface area contributed by atoms with Crippen LogP contribution >= 0.6 is 0 Å². The summed E-state index contributed by atoms with van der Waals surface area (Å²) in [5.41, 5.74) is -1.49.